The molecule has 0 saturated heterocycles. The maximum absolute atomic E-state index is 13.3. The molecule has 10 heteroatoms. The lowest BCUT2D eigenvalue weighted by Crippen LogP contribution is -2.44. The summed E-state index contributed by atoms with van der Waals surface area (Å²) in [5.41, 5.74) is 7.48. The molecule has 2 unspecified atom stereocenters. The van der Waals surface area contributed by atoms with Gasteiger partial charge < -0.3 is 24.8 Å². The molecule has 0 spiro atoms. The van der Waals surface area contributed by atoms with E-state index in [1.54, 1.807) is 62.5 Å². The number of hydrogen-bond acceptors (Lipinski definition) is 9. The smallest absolute Gasteiger partial charge is 0.355 e. The molecule has 2 heterocycles. The second-order valence-corrected chi connectivity index (χ2v) is 8.12. The van der Waals surface area contributed by atoms with Crippen LogP contribution in [-0.2, 0) is 23.9 Å². The predicted molar refractivity (Wildman–Crippen MR) is 129 cm³/mol. The van der Waals surface area contributed by atoms with Crippen molar-refractivity contribution >= 4 is 29.2 Å². The Labute approximate surface area is 207 Å². The van der Waals surface area contributed by atoms with E-state index in [0.29, 0.717) is 11.3 Å². The number of methoxy groups -OCH3 is 2. The average molecular weight is 489 g/mol. The van der Waals surface area contributed by atoms with Gasteiger partial charge in [-0.1, -0.05) is 36.4 Å². The lowest BCUT2D eigenvalue weighted by molar-refractivity contribution is -0.139. The number of ether oxygens (including phenoxy) is 3. The van der Waals surface area contributed by atoms with Crippen molar-refractivity contribution in [2.75, 3.05) is 31.1 Å². The molecule has 2 N–H and O–H groups in total. The number of nitrogens with two attached hydrogens (primary N) is 1. The molecule has 0 fully saturated rings. The molecule has 2 aliphatic rings. The van der Waals surface area contributed by atoms with Gasteiger partial charge in [-0.25, -0.2) is 9.59 Å². The van der Waals surface area contributed by atoms with E-state index in [1.807, 2.05) is 0 Å². The molecular formula is C26H24N4O6. The van der Waals surface area contributed by atoms with Crippen LogP contribution in [0.5, 0.6) is 5.75 Å². The molecule has 0 aromatic heterocycles. The molecule has 2 aliphatic heterocycles. The van der Waals surface area contributed by atoms with Gasteiger partial charge in [-0.05, 0) is 24.6 Å². The molecule has 0 aliphatic carbocycles. The fraction of sp³-hybridized carbons (Fsp3) is 0.231. The number of carbonyl (C=O) groups excluding carboxylic acids is 3. The van der Waals surface area contributed by atoms with E-state index in [4.69, 9.17) is 19.9 Å². The van der Waals surface area contributed by atoms with Gasteiger partial charge in [0.1, 0.15) is 11.5 Å². The summed E-state index contributed by atoms with van der Waals surface area (Å²) in [5, 5.41) is 10.2. The van der Waals surface area contributed by atoms with Crippen molar-refractivity contribution in [2.24, 2.45) is 5.73 Å². The molecule has 1 amide bonds. The highest BCUT2D eigenvalue weighted by Crippen LogP contribution is 2.48. The standard InChI is InChI=1S/C26H24N4O6/c1-14-24(31)29(2)17-11-8-12-18(22(17)36-14)30-21(26(33)35-4)20(25(32)34-3)19(16(13-27)23(30)28)15-9-6-5-7-10-15/h5-12,14,19H,28H2,1-4H3. The van der Waals surface area contributed by atoms with Crippen molar-refractivity contribution in [2.45, 2.75) is 18.9 Å². The molecule has 2 aromatic rings. The molecule has 0 saturated carbocycles. The normalized spacial score (nSPS) is 19.4. The fourth-order valence-electron chi connectivity index (χ4n) is 4.46. The minimum atomic E-state index is -0.988. The number of anilines is 2. The van der Waals surface area contributed by atoms with Gasteiger partial charge in [0.2, 0.25) is 0 Å². The lowest BCUT2D eigenvalue weighted by atomic mass is 9.81. The number of allylic oxidation sites excluding steroid dienone is 1. The van der Waals surface area contributed by atoms with Gasteiger partial charge in [0.15, 0.2) is 11.9 Å². The van der Waals surface area contributed by atoms with Crippen LogP contribution < -0.4 is 20.3 Å². The highest BCUT2D eigenvalue weighted by Gasteiger charge is 2.44. The van der Waals surface area contributed by atoms with Crippen LogP contribution >= 0.6 is 0 Å². The molecule has 0 bridgehead atoms. The second-order valence-electron chi connectivity index (χ2n) is 8.12. The number of benzene rings is 2. The zero-order valence-electron chi connectivity index (χ0n) is 20.1. The Bertz CT molecular complexity index is 1360. The first-order valence-electron chi connectivity index (χ1n) is 11.0. The average Bonchev–Trinajstić information content (AvgIpc) is 2.90. The van der Waals surface area contributed by atoms with Gasteiger partial charge in [-0.2, -0.15) is 5.26 Å². The van der Waals surface area contributed by atoms with Crippen LogP contribution in [0.15, 0.2) is 71.2 Å². The van der Waals surface area contributed by atoms with E-state index in [-0.39, 0.29) is 40.0 Å². The lowest BCUT2D eigenvalue weighted by Gasteiger charge is -2.38. The molecule has 2 atom stereocenters. The Morgan fingerprint density at radius 2 is 1.67 bits per heavy atom. The number of likely N-dealkylation sites (N-methyl/N-ethyl adjacent to an activating group) is 1. The Hall–Kier alpha value is -4.78. The van der Waals surface area contributed by atoms with Crippen molar-refractivity contribution in [3.8, 4) is 11.8 Å². The highest BCUT2D eigenvalue weighted by molar-refractivity contribution is 6.08. The Morgan fingerprint density at radius 1 is 1.03 bits per heavy atom. The van der Waals surface area contributed by atoms with Gasteiger partial charge in [0, 0.05) is 7.05 Å². The van der Waals surface area contributed by atoms with Crippen molar-refractivity contribution in [1.29, 1.82) is 5.26 Å². The van der Waals surface area contributed by atoms with E-state index in [9.17, 15) is 19.6 Å². The molecule has 10 nitrogen and oxygen atoms in total. The van der Waals surface area contributed by atoms with E-state index in [2.05, 4.69) is 6.07 Å². The number of amides is 1. The number of carbonyl (C=O) groups is 3. The van der Waals surface area contributed by atoms with Crippen LogP contribution in [0.4, 0.5) is 11.4 Å². The van der Waals surface area contributed by atoms with Crippen molar-refractivity contribution < 1.29 is 28.6 Å². The van der Waals surface area contributed by atoms with Crippen molar-refractivity contribution in [1.82, 2.24) is 0 Å². The number of rotatable bonds is 4. The number of hydrogen-bond donors (Lipinski definition) is 1. The summed E-state index contributed by atoms with van der Waals surface area (Å²) in [6.45, 7) is 1.59. The first kappa shape index (κ1) is 24.3. The maximum atomic E-state index is 13.3. The van der Waals surface area contributed by atoms with E-state index in [1.165, 1.54) is 24.0 Å². The number of fused-ring (bicyclic) bond motifs is 1. The van der Waals surface area contributed by atoms with E-state index < -0.39 is 24.0 Å². The summed E-state index contributed by atoms with van der Waals surface area (Å²) in [6.07, 6.45) is -0.822. The third-order valence-electron chi connectivity index (χ3n) is 6.16. The quantitative estimate of drug-likeness (QED) is 0.643. The Balaban J connectivity index is 2.08. The largest absolute Gasteiger partial charge is 0.476 e. The zero-order chi connectivity index (χ0) is 26.1. The highest BCUT2D eigenvalue weighted by atomic mass is 16.5. The first-order valence-corrected chi connectivity index (χ1v) is 11.0. The minimum absolute atomic E-state index is 0.0279. The summed E-state index contributed by atoms with van der Waals surface area (Å²) in [7, 11) is 3.95. The molecule has 0 radical (unpaired) electrons. The predicted octanol–water partition coefficient (Wildman–Crippen LogP) is 2.33. The number of para-hydroxylation sites is 1. The van der Waals surface area contributed by atoms with Crippen molar-refractivity contribution in [3.63, 3.8) is 0 Å². The summed E-state index contributed by atoms with van der Waals surface area (Å²) in [4.78, 5) is 41.6. The Morgan fingerprint density at radius 3 is 2.28 bits per heavy atom. The van der Waals surface area contributed by atoms with E-state index >= 15 is 0 Å². The molecule has 4 rings (SSSR count). The fourth-order valence-corrected chi connectivity index (χ4v) is 4.46. The van der Waals surface area contributed by atoms with Crippen LogP contribution in [0, 0.1) is 11.3 Å². The van der Waals surface area contributed by atoms with Gasteiger partial charge in [0.05, 0.1) is 48.7 Å². The summed E-state index contributed by atoms with van der Waals surface area (Å²) >= 11 is 0. The van der Waals surface area contributed by atoms with Gasteiger partial charge in [-0.3, -0.25) is 9.69 Å². The van der Waals surface area contributed by atoms with Gasteiger partial charge in [-0.15, -0.1) is 0 Å². The number of nitrogens with zero attached hydrogens (tertiary/aromatic N) is 3. The summed E-state index contributed by atoms with van der Waals surface area (Å²) in [6, 6.07) is 15.8. The monoisotopic (exact) mass is 488 g/mol. The third kappa shape index (κ3) is 3.71. The summed E-state index contributed by atoms with van der Waals surface area (Å²) < 4.78 is 16.0. The van der Waals surface area contributed by atoms with Gasteiger partial charge >= 0.3 is 11.9 Å². The van der Waals surface area contributed by atoms with Crippen LogP contribution in [0.2, 0.25) is 0 Å². The van der Waals surface area contributed by atoms with Gasteiger partial charge in [0.25, 0.3) is 5.91 Å². The maximum Gasteiger partial charge on any atom is 0.355 e. The molecular weight excluding hydrogens is 464 g/mol. The van der Waals surface area contributed by atoms with Crippen LogP contribution in [0.1, 0.15) is 18.4 Å². The first-order chi connectivity index (χ1) is 17.3. The van der Waals surface area contributed by atoms with E-state index in [0.717, 1.165) is 0 Å². The SMILES string of the molecule is COC(=O)C1=C(C(=O)OC)N(c2cccc3c2OC(C)C(=O)N3C)C(N)=C(C#N)C1c1ccccc1. The summed E-state index contributed by atoms with van der Waals surface area (Å²) in [5.74, 6) is -2.80. The van der Waals surface area contributed by atoms with Crippen molar-refractivity contribution in [3.05, 3.63) is 76.8 Å². The number of esters is 2. The van der Waals surface area contributed by atoms with Crippen LogP contribution in [0.3, 0.4) is 0 Å². The third-order valence-corrected chi connectivity index (χ3v) is 6.16. The second kappa shape index (κ2) is 9.46. The Kier molecular flexibility index (Phi) is 6.40. The molecule has 2 aromatic carbocycles. The minimum Gasteiger partial charge on any atom is -0.476 e. The van der Waals surface area contributed by atoms with Crippen LogP contribution in [0.25, 0.3) is 0 Å². The topological polar surface area (TPSA) is 135 Å². The number of nitriles is 1. The zero-order valence-corrected chi connectivity index (χ0v) is 20.1. The molecule has 184 valence electrons. The van der Waals surface area contributed by atoms with Crippen LogP contribution in [-0.4, -0.2) is 45.2 Å². The molecule has 36 heavy (non-hydrogen) atoms.